The second kappa shape index (κ2) is 7.74. The Labute approximate surface area is 111 Å². The minimum absolute atomic E-state index is 0.00482. The van der Waals surface area contributed by atoms with Crippen molar-refractivity contribution in [1.29, 1.82) is 0 Å². The number of rotatable bonds is 6. The molecule has 18 heavy (non-hydrogen) atoms. The molecule has 0 spiro atoms. The summed E-state index contributed by atoms with van der Waals surface area (Å²) >= 11 is 0. The number of ether oxygens (including phenoxy) is 1. The molecule has 0 aromatic carbocycles. The summed E-state index contributed by atoms with van der Waals surface area (Å²) in [6.45, 7) is 6.85. The van der Waals surface area contributed by atoms with Gasteiger partial charge >= 0.3 is 0 Å². The van der Waals surface area contributed by atoms with Gasteiger partial charge in [0.2, 0.25) is 5.91 Å². The summed E-state index contributed by atoms with van der Waals surface area (Å²) in [6.07, 6.45) is 4.88. The van der Waals surface area contributed by atoms with Crippen LogP contribution in [0.25, 0.3) is 0 Å². The van der Waals surface area contributed by atoms with Crippen molar-refractivity contribution in [3.05, 3.63) is 0 Å². The zero-order valence-corrected chi connectivity index (χ0v) is 11.9. The highest BCUT2D eigenvalue weighted by molar-refractivity contribution is 5.80. The van der Waals surface area contributed by atoms with Crippen molar-refractivity contribution < 1.29 is 9.53 Å². The summed E-state index contributed by atoms with van der Waals surface area (Å²) in [5.74, 6) is 0.604. The Morgan fingerprint density at radius 3 is 2.72 bits per heavy atom. The topological polar surface area (TPSA) is 64.3 Å². The van der Waals surface area contributed by atoms with Crippen LogP contribution < -0.4 is 11.1 Å². The average Bonchev–Trinajstić information content (AvgIpc) is 2.28. The van der Waals surface area contributed by atoms with Crippen molar-refractivity contribution in [3.63, 3.8) is 0 Å². The molecule has 106 valence electrons. The van der Waals surface area contributed by atoms with Crippen molar-refractivity contribution >= 4 is 5.91 Å². The third-order valence-corrected chi connectivity index (χ3v) is 3.45. The molecule has 1 aliphatic carbocycles. The normalized spacial score (nSPS) is 26.1. The Kier molecular flexibility index (Phi) is 6.65. The van der Waals surface area contributed by atoms with Gasteiger partial charge in [-0.05, 0) is 44.9 Å². The molecule has 3 N–H and O–H groups in total. The Balaban J connectivity index is 2.22. The van der Waals surface area contributed by atoms with Crippen LogP contribution in [0.2, 0.25) is 0 Å². The number of hydrogen-bond acceptors (Lipinski definition) is 3. The van der Waals surface area contributed by atoms with E-state index in [2.05, 4.69) is 19.2 Å². The lowest BCUT2D eigenvalue weighted by Gasteiger charge is -2.28. The monoisotopic (exact) mass is 256 g/mol. The molecule has 1 saturated carbocycles. The number of carbonyl (C=O) groups is 1. The molecule has 0 aromatic rings. The number of amides is 1. The summed E-state index contributed by atoms with van der Waals surface area (Å²) in [6, 6.07) is 0.236. The standard InChI is InChI=1S/C14H28N2O2/c1-10(2)7-8-16-14(17)11(3)18-13-6-4-5-12(15)9-13/h10-13H,4-9,15H2,1-3H3,(H,16,17). The quantitative estimate of drug-likeness (QED) is 0.762. The van der Waals surface area contributed by atoms with Crippen LogP contribution in [0.5, 0.6) is 0 Å². The fraction of sp³-hybridized carbons (Fsp3) is 0.929. The maximum atomic E-state index is 11.8. The Hall–Kier alpha value is -0.610. The van der Waals surface area contributed by atoms with E-state index in [0.29, 0.717) is 5.92 Å². The lowest BCUT2D eigenvalue weighted by atomic mass is 9.93. The van der Waals surface area contributed by atoms with E-state index in [1.807, 2.05) is 6.92 Å². The highest BCUT2D eigenvalue weighted by Crippen LogP contribution is 2.20. The van der Waals surface area contributed by atoms with Gasteiger partial charge in [-0.15, -0.1) is 0 Å². The van der Waals surface area contributed by atoms with Gasteiger partial charge in [-0.1, -0.05) is 13.8 Å². The number of hydrogen-bond donors (Lipinski definition) is 2. The molecule has 1 fully saturated rings. The van der Waals surface area contributed by atoms with E-state index in [1.165, 1.54) is 0 Å². The van der Waals surface area contributed by atoms with Crippen molar-refractivity contribution in [2.45, 2.75) is 71.1 Å². The van der Waals surface area contributed by atoms with Crippen LogP contribution in [0.3, 0.4) is 0 Å². The smallest absolute Gasteiger partial charge is 0.248 e. The Morgan fingerprint density at radius 1 is 1.39 bits per heavy atom. The van der Waals surface area contributed by atoms with E-state index < -0.39 is 0 Å². The zero-order valence-electron chi connectivity index (χ0n) is 11.9. The maximum absolute atomic E-state index is 11.8. The van der Waals surface area contributed by atoms with Gasteiger partial charge in [0.1, 0.15) is 6.10 Å². The summed E-state index contributed by atoms with van der Waals surface area (Å²) in [4.78, 5) is 11.8. The van der Waals surface area contributed by atoms with Gasteiger partial charge < -0.3 is 15.8 Å². The molecule has 3 atom stereocenters. The molecule has 0 aliphatic heterocycles. The van der Waals surface area contributed by atoms with E-state index in [4.69, 9.17) is 10.5 Å². The van der Waals surface area contributed by atoms with Gasteiger partial charge in [0.05, 0.1) is 6.10 Å². The van der Waals surface area contributed by atoms with E-state index in [1.54, 1.807) is 0 Å². The summed E-state index contributed by atoms with van der Waals surface area (Å²) in [5.41, 5.74) is 5.91. The molecule has 0 bridgehead atoms. The van der Waals surface area contributed by atoms with Gasteiger partial charge in [0, 0.05) is 12.6 Å². The minimum atomic E-state index is -0.368. The summed E-state index contributed by atoms with van der Waals surface area (Å²) < 4.78 is 5.79. The third-order valence-electron chi connectivity index (χ3n) is 3.45. The molecule has 0 radical (unpaired) electrons. The predicted molar refractivity (Wildman–Crippen MR) is 73.2 cm³/mol. The lowest BCUT2D eigenvalue weighted by Crippen LogP contribution is -2.40. The zero-order chi connectivity index (χ0) is 13.5. The first-order valence-electron chi connectivity index (χ1n) is 7.17. The van der Waals surface area contributed by atoms with Gasteiger partial charge in [-0.3, -0.25) is 4.79 Å². The number of nitrogens with two attached hydrogens (primary N) is 1. The predicted octanol–water partition coefficient (Wildman–Crippen LogP) is 1.82. The average molecular weight is 256 g/mol. The van der Waals surface area contributed by atoms with Gasteiger partial charge in [0.25, 0.3) is 0 Å². The second-order valence-corrected chi connectivity index (χ2v) is 5.80. The van der Waals surface area contributed by atoms with Crippen LogP contribution in [0, 0.1) is 5.92 Å². The SMILES string of the molecule is CC(C)CCNC(=O)C(C)OC1CCCC(N)C1. The molecule has 4 nitrogen and oxygen atoms in total. The van der Waals surface area contributed by atoms with Crippen LogP contribution in [-0.2, 0) is 9.53 Å². The van der Waals surface area contributed by atoms with Crippen molar-refractivity contribution in [2.75, 3.05) is 6.54 Å². The molecule has 3 unspecified atom stereocenters. The molecular formula is C14H28N2O2. The number of nitrogens with one attached hydrogen (secondary N) is 1. The largest absolute Gasteiger partial charge is 0.365 e. The highest BCUT2D eigenvalue weighted by atomic mass is 16.5. The van der Waals surface area contributed by atoms with Gasteiger partial charge in [0.15, 0.2) is 0 Å². The summed E-state index contributed by atoms with van der Waals surface area (Å²) in [5, 5.41) is 2.92. The highest BCUT2D eigenvalue weighted by Gasteiger charge is 2.24. The van der Waals surface area contributed by atoms with Crippen molar-refractivity contribution in [1.82, 2.24) is 5.32 Å². The van der Waals surface area contributed by atoms with Crippen LogP contribution in [0.1, 0.15) is 52.9 Å². The summed E-state index contributed by atoms with van der Waals surface area (Å²) in [7, 11) is 0. The van der Waals surface area contributed by atoms with Crippen molar-refractivity contribution in [2.24, 2.45) is 11.7 Å². The first-order chi connectivity index (χ1) is 8.49. The molecule has 1 rings (SSSR count). The number of carbonyl (C=O) groups excluding carboxylic acids is 1. The van der Waals surface area contributed by atoms with Crippen LogP contribution in [-0.4, -0.2) is 30.7 Å². The molecule has 0 aromatic heterocycles. The lowest BCUT2D eigenvalue weighted by molar-refractivity contribution is -0.136. The van der Waals surface area contributed by atoms with Crippen LogP contribution >= 0.6 is 0 Å². The Morgan fingerprint density at radius 2 is 2.11 bits per heavy atom. The first-order valence-corrected chi connectivity index (χ1v) is 7.17. The molecule has 1 aliphatic rings. The van der Waals surface area contributed by atoms with Crippen LogP contribution in [0.15, 0.2) is 0 Å². The molecule has 4 heteroatoms. The van der Waals surface area contributed by atoms with E-state index in [-0.39, 0.29) is 24.2 Å². The second-order valence-electron chi connectivity index (χ2n) is 5.80. The molecule has 1 amide bonds. The fourth-order valence-electron chi connectivity index (χ4n) is 2.28. The Bertz CT molecular complexity index is 256. The van der Waals surface area contributed by atoms with E-state index in [0.717, 1.165) is 38.6 Å². The van der Waals surface area contributed by atoms with E-state index in [9.17, 15) is 4.79 Å². The maximum Gasteiger partial charge on any atom is 0.248 e. The third kappa shape index (κ3) is 5.83. The molecule has 0 heterocycles. The minimum Gasteiger partial charge on any atom is -0.365 e. The fourth-order valence-corrected chi connectivity index (χ4v) is 2.28. The molecule has 0 saturated heterocycles. The van der Waals surface area contributed by atoms with Crippen LogP contribution in [0.4, 0.5) is 0 Å². The molecular weight excluding hydrogens is 228 g/mol. The van der Waals surface area contributed by atoms with Gasteiger partial charge in [-0.25, -0.2) is 0 Å². The van der Waals surface area contributed by atoms with Crippen molar-refractivity contribution in [3.8, 4) is 0 Å². The first kappa shape index (κ1) is 15.4. The van der Waals surface area contributed by atoms with E-state index >= 15 is 0 Å². The van der Waals surface area contributed by atoms with Gasteiger partial charge in [-0.2, -0.15) is 0 Å².